The number of methoxy groups -OCH3 is 4. The number of hydrogen-bond donors (Lipinski definition) is 1. The monoisotopic (exact) mass is 388 g/mol. The van der Waals surface area contributed by atoms with Crippen molar-refractivity contribution < 1.29 is 28.7 Å². The molecule has 0 atom stereocenters. The van der Waals surface area contributed by atoms with Gasteiger partial charge in [0.05, 0.1) is 38.9 Å². The molecular formula is C19H20N2O7. The molecule has 1 amide bonds. The van der Waals surface area contributed by atoms with Gasteiger partial charge in [0, 0.05) is 30.0 Å². The summed E-state index contributed by atoms with van der Waals surface area (Å²) < 4.78 is 20.7. The largest absolute Gasteiger partial charge is 0.496 e. The van der Waals surface area contributed by atoms with Gasteiger partial charge in [0.25, 0.3) is 0 Å². The fourth-order valence-corrected chi connectivity index (χ4v) is 2.45. The number of carbonyl (C=O) groups excluding carboxylic acids is 1. The van der Waals surface area contributed by atoms with Crippen LogP contribution in [0.4, 0.5) is 11.4 Å². The molecule has 0 radical (unpaired) electrons. The molecule has 0 aliphatic heterocycles. The molecule has 9 heteroatoms. The second-order valence-electron chi connectivity index (χ2n) is 5.41. The van der Waals surface area contributed by atoms with Gasteiger partial charge in [-0.15, -0.1) is 0 Å². The Morgan fingerprint density at radius 1 is 0.964 bits per heavy atom. The zero-order valence-corrected chi connectivity index (χ0v) is 15.8. The maximum absolute atomic E-state index is 12.2. The first-order valence-electron chi connectivity index (χ1n) is 8.05. The highest BCUT2D eigenvalue weighted by molar-refractivity contribution is 6.02. The number of nitro groups is 1. The van der Waals surface area contributed by atoms with E-state index in [1.165, 1.54) is 58.8 Å². The summed E-state index contributed by atoms with van der Waals surface area (Å²) in [4.78, 5) is 22.7. The van der Waals surface area contributed by atoms with Crippen molar-refractivity contribution in [3.05, 3.63) is 52.1 Å². The number of nitro benzene ring substituents is 1. The Morgan fingerprint density at radius 3 is 2.07 bits per heavy atom. The minimum absolute atomic E-state index is 0.103. The van der Waals surface area contributed by atoms with E-state index in [0.29, 0.717) is 22.8 Å². The van der Waals surface area contributed by atoms with Crippen molar-refractivity contribution in [2.75, 3.05) is 33.8 Å². The molecule has 9 nitrogen and oxygen atoms in total. The summed E-state index contributed by atoms with van der Waals surface area (Å²) in [6.45, 7) is 0. The molecule has 0 fully saturated rings. The van der Waals surface area contributed by atoms with Crippen LogP contribution in [0.3, 0.4) is 0 Å². The zero-order chi connectivity index (χ0) is 20.7. The van der Waals surface area contributed by atoms with E-state index in [1.807, 2.05) is 0 Å². The second-order valence-corrected chi connectivity index (χ2v) is 5.41. The van der Waals surface area contributed by atoms with Crippen molar-refractivity contribution >= 4 is 23.4 Å². The number of amides is 1. The van der Waals surface area contributed by atoms with E-state index >= 15 is 0 Å². The lowest BCUT2D eigenvalue weighted by molar-refractivity contribution is -0.385. The number of carbonyl (C=O) groups is 1. The molecule has 1 N–H and O–H groups in total. The van der Waals surface area contributed by atoms with Crippen molar-refractivity contribution in [1.29, 1.82) is 0 Å². The molecule has 0 unspecified atom stereocenters. The molecule has 0 aliphatic carbocycles. The van der Waals surface area contributed by atoms with Crippen LogP contribution in [0.15, 0.2) is 36.4 Å². The van der Waals surface area contributed by atoms with Crippen LogP contribution < -0.4 is 24.3 Å². The van der Waals surface area contributed by atoms with Crippen LogP contribution in [-0.2, 0) is 4.79 Å². The molecule has 28 heavy (non-hydrogen) atoms. The SMILES string of the molecule is COc1cc(OC)c(/C=C/C(=O)Nc2ccc(OC)c([N+](=O)[O-])c2)c(OC)c1. The highest BCUT2D eigenvalue weighted by atomic mass is 16.6. The fraction of sp³-hybridized carbons (Fsp3) is 0.211. The molecule has 2 rings (SSSR count). The lowest BCUT2D eigenvalue weighted by Gasteiger charge is -2.12. The van der Waals surface area contributed by atoms with Gasteiger partial charge < -0.3 is 24.3 Å². The first kappa shape index (κ1) is 20.6. The number of benzene rings is 2. The van der Waals surface area contributed by atoms with Gasteiger partial charge in [-0.2, -0.15) is 0 Å². The van der Waals surface area contributed by atoms with Gasteiger partial charge in [0.15, 0.2) is 5.75 Å². The topological polar surface area (TPSA) is 109 Å². The normalized spacial score (nSPS) is 10.4. The van der Waals surface area contributed by atoms with Gasteiger partial charge in [-0.05, 0) is 18.2 Å². The third kappa shape index (κ3) is 4.70. The lowest BCUT2D eigenvalue weighted by atomic mass is 10.1. The molecular weight excluding hydrogens is 368 g/mol. The van der Waals surface area contributed by atoms with Crippen molar-refractivity contribution in [3.8, 4) is 23.0 Å². The van der Waals surface area contributed by atoms with Gasteiger partial charge in [0.2, 0.25) is 5.91 Å². The quantitative estimate of drug-likeness (QED) is 0.420. The number of anilines is 1. The van der Waals surface area contributed by atoms with Crippen LogP contribution in [0.25, 0.3) is 6.08 Å². The standard InChI is InChI=1S/C19H20N2O7/c1-25-13-10-17(27-3)14(18(11-13)28-4)6-8-19(22)20-12-5-7-16(26-2)15(9-12)21(23)24/h5-11H,1-4H3,(H,20,22)/b8-6+. The number of ether oxygens (including phenoxy) is 4. The lowest BCUT2D eigenvalue weighted by Crippen LogP contribution is -2.08. The molecule has 2 aromatic carbocycles. The number of nitrogens with one attached hydrogen (secondary N) is 1. The molecule has 0 aromatic heterocycles. The van der Waals surface area contributed by atoms with Gasteiger partial charge in [-0.25, -0.2) is 0 Å². The molecule has 0 saturated heterocycles. The highest BCUT2D eigenvalue weighted by Gasteiger charge is 2.16. The third-order valence-corrected chi connectivity index (χ3v) is 3.80. The molecule has 0 heterocycles. The average molecular weight is 388 g/mol. The summed E-state index contributed by atoms with van der Waals surface area (Å²) in [5, 5.41) is 13.6. The predicted molar refractivity (Wildman–Crippen MR) is 103 cm³/mol. The van der Waals surface area contributed by atoms with Gasteiger partial charge in [0.1, 0.15) is 17.2 Å². The van der Waals surface area contributed by atoms with Crippen molar-refractivity contribution in [2.45, 2.75) is 0 Å². The Balaban J connectivity index is 2.25. The summed E-state index contributed by atoms with van der Waals surface area (Å²) in [5.41, 5.74) is 0.556. The van der Waals surface area contributed by atoms with E-state index in [0.717, 1.165) is 0 Å². The molecule has 148 valence electrons. The van der Waals surface area contributed by atoms with Crippen molar-refractivity contribution in [1.82, 2.24) is 0 Å². The van der Waals surface area contributed by atoms with E-state index in [9.17, 15) is 14.9 Å². The van der Waals surface area contributed by atoms with Crippen LogP contribution >= 0.6 is 0 Å². The molecule has 0 bridgehead atoms. The summed E-state index contributed by atoms with van der Waals surface area (Å²) in [5.74, 6) is 1.08. The Bertz CT molecular complexity index is 884. The molecule has 0 saturated carbocycles. The van der Waals surface area contributed by atoms with Crippen LogP contribution in [0.5, 0.6) is 23.0 Å². The Labute approximate surface area is 161 Å². The van der Waals surface area contributed by atoms with Crippen LogP contribution in [0.2, 0.25) is 0 Å². The maximum atomic E-state index is 12.2. The van der Waals surface area contributed by atoms with E-state index in [-0.39, 0.29) is 17.1 Å². The highest BCUT2D eigenvalue weighted by Crippen LogP contribution is 2.35. The first-order valence-corrected chi connectivity index (χ1v) is 8.05. The van der Waals surface area contributed by atoms with Crippen LogP contribution in [-0.4, -0.2) is 39.3 Å². The van der Waals surface area contributed by atoms with E-state index in [4.69, 9.17) is 18.9 Å². The maximum Gasteiger partial charge on any atom is 0.312 e. The number of hydrogen-bond acceptors (Lipinski definition) is 7. The van der Waals surface area contributed by atoms with Gasteiger partial charge >= 0.3 is 5.69 Å². The fourth-order valence-electron chi connectivity index (χ4n) is 2.45. The zero-order valence-electron chi connectivity index (χ0n) is 15.8. The summed E-state index contributed by atoms with van der Waals surface area (Å²) >= 11 is 0. The second kappa shape index (κ2) is 9.26. The molecule has 0 spiro atoms. The summed E-state index contributed by atoms with van der Waals surface area (Å²) in [6.07, 6.45) is 2.79. The van der Waals surface area contributed by atoms with E-state index < -0.39 is 10.8 Å². The predicted octanol–water partition coefficient (Wildman–Crippen LogP) is 3.28. The van der Waals surface area contributed by atoms with Crippen LogP contribution in [0.1, 0.15) is 5.56 Å². The Hall–Kier alpha value is -3.75. The van der Waals surface area contributed by atoms with E-state index in [2.05, 4.69) is 5.32 Å². The summed E-state index contributed by atoms with van der Waals surface area (Å²) in [6, 6.07) is 7.46. The summed E-state index contributed by atoms with van der Waals surface area (Å²) in [7, 11) is 5.83. The van der Waals surface area contributed by atoms with Crippen molar-refractivity contribution in [3.63, 3.8) is 0 Å². The van der Waals surface area contributed by atoms with E-state index in [1.54, 1.807) is 12.1 Å². The number of rotatable bonds is 8. The molecule has 0 aliphatic rings. The average Bonchev–Trinajstić information content (AvgIpc) is 2.71. The third-order valence-electron chi connectivity index (χ3n) is 3.80. The van der Waals surface area contributed by atoms with Crippen molar-refractivity contribution in [2.24, 2.45) is 0 Å². The molecule has 2 aromatic rings. The van der Waals surface area contributed by atoms with Gasteiger partial charge in [-0.1, -0.05) is 0 Å². The van der Waals surface area contributed by atoms with Crippen LogP contribution in [0, 0.1) is 10.1 Å². The first-order chi connectivity index (χ1) is 13.4. The Morgan fingerprint density at radius 2 is 1.57 bits per heavy atom. The minimum Gasteiger partial charge on any atom is -0.496 e. The number of nitrogens with zero attached hydrogens (tertiary/aromatic N) is 1. The minimum atomic E-state index is -0.586. The smallest absolute Gasteiger partial charge is 0.312 e. The Kier molecular flexibility index (Phi) is 6.80. The van der Waals surface area contributed by atoms with Gasteiger partial charge in [-0.3, -0.25) is 14.9 Å².